The van der Waals surface area contributed by atoms with Crippen LogP contribution in [-0.2, 0) is 0 Å². The van der Waals surface area contributed by atoms with Crippen LogP contribution in [0.2, 0.25) is 0 Å². The number of halogens is 1. The van der Waals surface area contributed by atoms with Crippen molar-refractivity contribution in [3.8, 4) is 5.75 Å². The van der Waals surface area contributed by atoms with E-state index in [1.807, 2.05) is 30.3 Å². The maximum atomic E-state index is 13.8. The van der Waals surface area contributed by atoms with Crippen LogP contribution < -0.4 is 15.4 Å². The normalized spacial score (nSPS) is 24.0. The van der Waals surface area contributed by atoms with E-state index in [1.54, 1.807) is 6.07 Å². The van der Waals surface area contributed by atoms with Crippen molar-refractivity contribution >= 4 is 11.8 Å². The number of aliphatic hydroxyl groups excluding tert-OH is 1. The summed E-state index contributed by atoms with van der Waals surface area (Å²) in [6.07, 6.45) is 0.724. The molecule has 2 aromatic carbocycles. The Labute approximate surface area is 174 Å². The van der Waals surface area contributed by atoms with E-state index in [1.165, 1.54) is 13.1 Å². The van der Waals surface area contributed by atoms with Crippen LogP contribution in [0, 0.1) is 5.92 Å². The predicted molar refractivity (Wildman–Crippen MR) is 110 cm³/mol. The number of rotatable bonds is 7. The van der Waals surface area contributed by atoms with Gasteiger partial charge in [-0.3, -0.25) is 9.59 Å². The second-order valence-corrected chi connectivity index (χ2v) is 7.81. The summed E-state index contributed by atoms with van der Waals surface area (Å²) in [7, 11) is 1.50. The minimum atomic E-state index is -0.763. The fourth-order valence-corrected chi connectivity index (χ4v) is 4.20. The summed E-state index contributed by atoms with van der Waals surface area (Å²) in [4.78, 5) is 25.4. The third-order valence-corrected chi connectivity index (χ3v) is 5.88. The topological polar surface area (TPSA) is 87.7 Å². The fraction of sp³-hybridized carbons (Fsp3) is 0.391. The van der Waals surface area contributed by atoms with Crippen LogP contribution in [0.4, 0.5) is 4.39 Å². The van der Waals surface area contributed by atoms with Crippen LogP contribution in [-0.4, -0.2) is 49.4 Å². The van der Waals surface area contributed by atoms with E-state index in [9.17, 15) is 14.0 Å². The maximum Gasteiger partial charge on any atom is 0.254 e. The summed E-state index contributed by atoms with van der Waals surface area (Å²) in [5, 5.41) is 14.6. The first kappa shape index (κ1) is 20.3. The lowest BCUT2D eigenvalue weighted by atomic mass is 9.86. The van der Waals surface area contributed by atoms with Crippen molar-refractivity contribution in [1.82, 2.24) is 10.6 Å². The summed E-state index contributed by atoms with van der Waals surface area (Å²) in [5.74, 6) is -0.485. The second-order valence-electron chi connectivity index (χ2n) is 7.81. The molecule has 2 amide bonds. The van der Waals surface area contributed by atoms with E-state index in [4.69, 9.17) is 9.84 Å². The maximum absolute atomic E-state index is 13.8. The highest BCUT2D eigenvalue weighted by molar-refractivity contribution is 6.02. The van der Waals surface area contributed by atoms with Gasteiger partial charge in [0.1, 0.15) is 18.5 Å². The lowest BCUT2D eigenvalue weighted by Gasteiger charge is -2.16. The molecule has 0 aromatic heterocycles. The summed E-state index contributed by atoms with van der Waals surface area (Å²) < 4.78 is 19.7. The van der Waals surface area contributed by atoms with E-state index in [-0.39, 0.29) is 30.0 Å². The highest BCUT2D eigenvalue weighted by Gasteiger charge is 2.40. The molecule has 0 saturated heterocycles. The molecule has 30 heavy (non-hydrogen) atoms. The zero-order chi connectivity index (χ0) is 21.3. The van der Waals surface area contributed by atoms with Crippen LogP contribution in [0.5, 0.6) is 5.75 Å². The quantitative estimate of drug-likeness (QED) is 0.652. The van der Waals surface area contributed by atoms with Gasteiger partial charge in [0.25, 0.3) is 11.8 Å². The Bertz CT molecular complexity index is 950. The number of nitrogens with one attached hydrogen (secondary N) is 2. The molecule has 4 atom stereocenters. The van der Waals surface area contributed by atoms with E-state index >= 15 is 0 Å². The third-order valence-electron chi connectivity index (χ3n) is 5.88. The van der Waals surface area contributed by atoms with E-state index in [0.717, 1.165) is 12.0 Å². The number of amides is 2. The summed E-state index contributed by atoms with van der Waals surface area (Å²) in [5.41, 5.74) is 2.06. The van der Waals surface area contributed by atoms with Crippen molar-refractivity contribution < 1.29 is 23.8 Å². The molecule has 1 heterocycles. The Hall–Kier alpha value is -2.93. The Balaban J connectivity index is 1.72. The first-order valence-electron chi connectivity index (χ1n) is 10.2. The van der Waals surface area contributed by atoms with Crippen molar-refractivity contribution in [3.05, 3.63) is 64.7 Å². The molecule has 6 nitrogen and oxygen atoms in total. The number of hydrogen-bond acceptors (Lipinski definition) is 4. The molecule has 3 N–H and O–H groups in total. The molecule has 0 spiro atoms. The standard InChI is InChI=1S/C23H25FN2O4/c1-25-23(29)17-10-15(22(28)26-18-11-14(18)7-8-27)9-16-20(13-5-3-2-4-6-13)19(12-24)30-21(16)17/h2-6,9-10,14,18-20,27H,7-8,11-12H2,1H3,(H,25,29)(H,26,28)/t14-,18-,19?,20?/m1/s1. The van der Waals surface area contributed by atoms with Gasteiger partial charge in [0, 0.05) is 30.8 Å². The highest BCUT2D eigenvalue weighted by atomic mass is 19.1. The first-order chi connectivity index (χ1) is 14.6. The predicted octanol–water partition coefficient (Wildman–Crippen LogP) is 2.41. The van der Waals surface area contributed by atoms with E-state index in [2.05, 4.69) is 10.6 Å². The molecular formula is C23H25FN2O4. The minimum Gasteiger partial charge on any atom is -0.486 e. The number of fused-ring (bicyclic) bond motifs is 1. The molecule has 2 aliphatic rings. The third kappa shape index (κ3) is 3.77. The van der Waals surface area contributed by atoms with Crippen molar-refractivity contribution in [3.63, 3.8) is 0 Å². The zero-order valence-electron chi connectivity index (χ0n) is 16.7. The fourth-order valence-electron chi connectivity index (χ4n) is 4.20. The molecular weight excluding hydrogens is 387 g/mol. The monoisotopic (exact) mass is 412 g/mol. The van der Waals surface area contributed by atoms with E-state index < -0.39 is 24.6 Å². The summed E-state index contributed by atoms with van der Waals surface area (Å²) in [6.45, 7) is -0.620. The van der Waals surface area contributed by atoms with Gasteiger partial charge in [-0.1, -0.05) is 30.3 Å². The average molecular weight is 412 g/mol. The molecule has 1 aliphatic carbocycles. The number of alkyl halides is 1. The SMILES string of the molecule is CNC(=O)c1cc(C(=O)N[C@@H]2C[C@H]2CCO)cc2c1OC(CF)C2c1ccccc1. The summed E-state index contributed by atoms with van der Waals surface area (Å²) in [6, 6.07) is 12.6. The van der Waals surface area contributed by atoms with Gasteiger partial charge >= 0.3 is 0 Å². The molecule has 0 radical (unpaired) electrons. The van der Waals surface area contributed by atoms with Gasteiger partial charge < -0.3 is 20.5 Å². The van der Waals surface area contributed by atoms with Gasteiger partial charge in [-0.15, -0.1) is 0 Å². The van der Waals surface area contributed by atoms with Gasteiger partial charge in [0.15, 0.2) is 0 Å². The Morgan fingerprint density at radius 3 is 2.63 bits per heavy atom. The molecule has 1 aliphatic heterocycles. The van der Waals surface area contributed by atoms with E-state index in [0.29, 0.717) is 23.3 Å². The van der Waals surface area contributed by atoms with Crippen LogP contribution in [0.15, 0.2) is 42.5 Å². The molecule has 4 rings (SSSR count). The van der Waals surface area contributed by atoms with Crippen LogP contribution in [0.25, 0.3) is 0 Å². The zero-order valence-corrected chi connectivity index (χ0v) is 16.7. The van der Waals surface area contributed by atoms with Gasteiger partial charge in [0.2, 0.25) is 0 Å². The number of ether oxygens (including phenoxy) is 1. The number of aliphatic hydroxyl groups is 1. The Kier molecular flexibility index (Phi) is 5.72. The van der Waals surface area contributed by atoms with Gasteiger partial charge in [0.05, 0.1) is 11.5 Å². The van der Waals surface area contributed by atoms with Crippen molar-refractivity contribution in [1.29, 1.82) is 0 Å². The van der Waals surface area contributed by atoms with Crippen LogP contribution in [0.1, 0.15) is 50.6 Å². The lowest BCUT2D eigenvalue weighted by Crippen LogP contribution is -2.28. The van der Waals surface area contributed by atoms with Crippen molar-refractivity contribution in [2.45, 2.75) is 30.9 Å². The second kappa shape index (κ2) is 8.44. The van der Waals surface area contributed by atoms with Gasteiger partial charge in [-0.05, 0) is 36.5 Å². The number of benzene rings is 2. The molecule has 1 saturated carbocycles. The molecule has 7 heteroatoms. The number of carbonyl (C=O) groups is 2. The number of carbonyl (C=O) groups excluding carboxylic acids is 2. The minimum absolute atomic E-state index is 0.0288. The number of hydrogen-bond donors (Lipinski definition) is 3. The molecule has 2 aromatic rings. The van der Waals surface area contributed by atoms with Crippen molar-refractivity contribution in [2.75, 3.05) is 20.3 Å². The largest absolute Gasteiger partial charge is 0.486 e. The average Bonchev–Trinajstić information content (AvgIpc) is 3.38. The van der Waals surface area contributed by atoms with Gasteiger partial charge in [-0.2, -0.15) is 0 Å². The van der Waals surface area contributed by atoms with Gasteiger partial charge in [-0.25, -0.2) is 4.39 Å². The molecule has 158 valence electrons. The first-order valence-corrected chi connectivity index (χ1v) is 10.2. The van der Waals surface area contributed by atoms with Crippen molar-refractivity contribution in [2.24, 2.45) is 5.92 Å². The molecule has 1 fully saturated rings. The highest BCUT2D eigenvalue weighted by Crippen LogP contribution is 2.45. The smallest absolute Gasteiger partial charge is 0.254 e. The molecule has 2 unspecified atom stereocenters. The van der Waals surface area contributed by atoms with Crippen LogP contribution >= 0.6 is 0 Å². The van der Waals surface area contributed by atoms with Crippen LogP contribution in [0.3, 0.4) is 0 Å². The summed E-state index contributed by atoms with van der Waals surface area (Å²) >= 11 is 0. The Morgan fingerprint density at radius 1 is 1.20 bits per heavy atom. The molecule has 0 bridgehead atoms. The Morgan fingerprint density at radius 2 is 1.97 bits per heavy atom. The lowest BCUT2D eigenvalue weighted by molar-refractivity contribution is 0.0948.